The highest BCUT2D eigenvalue weighted by atomic mass is 16.5. The number of nitrogens with two attached hydrogens (primary N) is 1. The maximum absolute atomic E-state index is 6.31. The molecule has 21 heavy (non-hydrogen) atoms. The molecule has 0 radical (unpaired) electrons. The molecule has 2 N–H and O–H groups in total. The van der Waals surface area contributed by atoms with Crippen LogP contribution in [0.5, 0.6) is 0 Å². The molecular formula is C16H19N3O2. The van der Waals surface area contributed by atoms with Crippen molar-refractivity contribution in [3.8, 4) is 0 Å². The second-order valence-corrected chi connectivity index (χ2v) is 6.18. The zero-order valence-electron chi connectivity index (χ0n) is 11.9. The fraction of sp³-hybridized carbons (Fsp3) is 0.500. The van der Waals surface area contributed by atoms with Crippen molar-refractivity contribution in [1.82, 2.24) is 10.1 Å². The zero-order valence-corrected chi connectivity index (χ0v) is 11.9. The van der Waals surface area contributed by atoms with Crippen LogP contribution in [0.1, 0.15) is 43.0 Å². The van der Waals surface area contributed by atoms with Gasteiger partial charge < -0.3 is 15.0 Å². The molecule has 2 aliphatic rings. The highest BCUT2D eigenvalue weighted by Crippen LogP contribution is 2.48. The average Bonchev–Trinajstić information content (AvgIpc) is 3.09. The van der Waals surface area contributed by atoms with Gasteiger partial charge in [0, 0.05) is 6.61 Å². The molecule has 0 spiro atoms. The third-order valence-electron chi connectivity index (χ3n) is 4.87. The van der Waals surface area contributed by atoms with E-state index in [1.54, 1.807) is 0 Å². The molecule has 2 heterocycles. The number of rotatable bonds is 3. The van der Waals surface area contributed by atoms with Gasteiger partial charge in [-0.1, -0.05) is 41.9 Å². The Morgan fingerprint density at radius 2 is 1.90 bits per heavy atom. The van der Waals surface area contributed by atoms with Crippen LogP contribution in [0.15, 0.2) is 34.9 Å². The molecule has 5 nitrogen and oxygen atoms in total. The molecule has 0 amide bonds. The van der Waals surface area contributed by atoms with E-state index in [0.717, 1.165) is 25.1 Å². The highest BCUT2D eigenvalue weighted by molar-refractivity contribution is 5.35. The highest BCUT2D eigenvalue weighted by Gasteiger charge is 2.46. The van der Waals surface area contributed by atoms with Crippen molar-refractivity contribution >= 4 is 0 Å². The van der Waals surface area contributed by atoms with Gasteiger partial charge in [-0.3, -0.25) is 0 Å². The Morgan fingerprint density at radius 1 is 1.10 bits per heavy atom. The van der Waals surface area contributed by atoms with E-state index in [1.165, 1.54) is 12.0 Å². The Bertz CT molecular complexity index is 628. The Morgan fingerprint density at radius 3 is 2.52 bits per heavy atom. The second kappa shape index (κ2) is 4.64. The van der Waals surface area contributed by atoms with Crippen LogP contribution < -0.4 is 5.73 Å². The molecule has 4 rings (SSSR count). The second-order valence-electron chi connectivity index (χ2n) is 6.18. The first-order valence-corrected chi connectivity index (χ1v) is 7.50. The van der Waals surface area contributed by atoms with Crippen LogP contribution in [-0.4, -0.2) is 23.4 Å². The molecule has 1 saturated heterocycles. The topological polar surface area (TPSA) is 74.2 Å². The molecule has 2 fully saturated rings. The molecular weight excluding hydrogens is 266 g/mol. The van der Waals surface area contributed by atoms with Gasteiger partial charge in [0.05, 0.1) is 12.0 Å². The molecule has 1 aromatic carbocycles. The molecule has 1 aliphatic heterocycles. The standard InChI is InChI=1S/C16H19N3O2/c17-16(9-10-20-11-16)14-18-13(19-21-14)15(7-4-8-15)12-5-2-1-3-6-12/h1-3,5-6H,4,7-11,17H2. The number of aromatic nitrogens is 2. The van der Waals surface area contributed by atoms with Crippen LogP contribution in [0.4, 0.5) is 0 Å². The smallest absolute Gasteiger partial charge is 0.249 e. The van der Waals surface area contributed by atoms with Crippen molar-refractivity contribution in [3.05, 3.63) is 47.6 Å². The lowest BCUT2D eigenvalue weighted by molar-refractivity contribution is 0.165. The van der Waals surface area contributed by atoms with E-state index in [4.69, 9.17) is 15.0 Å². The molecule has 5 heteroatoms. The van der Waals surface area contributed by atoms with Gasteiger partial charge in [0.2, 0.25) is 5.89 Å². The normalized spacial score (nSPS) is 27.5. The van der Waals surface area contributed by atoms with Gasteiger partial charge in [-0.25, -0.2) is 0 Å². The molecule has 2 aromatic rings. The molecule has 1 unspecified atom stereocenters. The van der Waals surface area contributed by atoms with Gasteiger partial charge in [0.15, 0.2) is 5.82 Å². The van der Waals surface area contributed by atoms with E-state index in [0.29, 0.717) is 19.1 Å². The van der Waals surface area contributed by atoms with Gasteiger partial charge in [-0.05, 0) is 24.8 Å². The van der Waals surface area contributed by atoms with Crippen molar-refractivity contribution in [2.75, 3.05) is 13.2 Å². The monoisotopic (exact) mass is 285 g/mol. The van der Waals surface area contributed by atoms with Crippen molar-refractivity contribution < 1.29 is 9.26 Å². The van der Waals surface area contributed by atoms with Crippen molar-refractivity contribution in [2.45, 2.75) is 36.6 Å². The number of benzene rings is 1. The summed E-state index contributed by atoms with van der Waals surface area (Å²) >= 11 is 0. The summed E-state index contributed by atoms with van der Waals surface area (Å²) in [6.45, 7) is 1.10. The van der Waals surface area contributed by atoms with Crippen LogP contribution in [0.3, 0.4) is 0 Å². The first kappa shape index (κ1) is 13.0. The molecule has 1 saturated carbocycles. The van der Waals surface area contributed by atoms with Gasteiger partial charge in [-0.2, -0.15) is 4.98 Å². The van der Waals surface area contributed by atoms with Gasteiger partial charge in [-0.15, -0.1) is 0 Å². The van der Waals surface area contributed by atoms with E-state index in [-0.39, 0.29) is 5.41 Å². The summed E-state index contributed by atoms with van der Waals surface area (Å²) in [5.41, 5.74) is 6.86. The van der Waals surface area contributed by atoms with Crippen molar-refractivity contribution in [2.24, 2.45) is 5.73 Å². The SMILES string of the molecule is NC1(c2nc(C3(c4ccccc4)CCC3)no2)CCOC1. The summed E-state index contributed by atoms with van der Waals surface area (Å²) < 4.78 is 10.9. The maximum Gasteiger partial charge on any atom is 0.249 e. The van der Waals surface area contributed by atoms with E-state index in [1.807, 2.05) is 6.07 Å². The van der Waals surface area contributed by atoms with Crippen molar-refractivity contribution in [3.63, 3.8) is 0 Å². The van der Waals surface area contributed by atoms with E-state index < -0.39 is 5.54 Å². The number of ether oxygens (including phenoxy) is 1. The molecule has 1 atom stereocenters. The Kier molecular flexibility index (Phi) is 2.87. The predicted octanol–water partition coefficient (Wildman–Crippen LogP) is 2.11. The minimum absolute atomic E-state index is 0.0984. The minimum Gasteiger partial charge on any atom is -0.379 e. The van der Waals surface area contributed by atoms with Crippen LogP contribution >= 0.6 is 0 Å². The summed E-state index contributed by atoms with van der Waals surface area (Å²) in [5, 5.41) is 4.25. The lowest BCUT2D eigenvalue weighted by Gasteiger charge is -2.39. The van der Waals surface area contributed by atoms with Gasteiger partial charge in [0.25, 0.3) is 0 Å². The summed E-state index contributed by atoms with van der Waals surface area (Å²) in [6, 6.07) is 10.4. The Balaban J connectivity index is 1.71. The fourth-order valence-electron chi connectivity index (χ4n) is 3.30. The predicted molar refractivity (Wildman–Crippen MR) is 76.7 cm³/mol. The quantitative estimate of drug-likeness (QED) is 0.935. The summed E-state index contributed by atoms with van der Waals surface area (Å²) in [4.78, 5) is 4.65. The van der Waals surface area contributed by atoms with Crippen LogP contribution in [0.2, 0.25) is 0 Å². The molecule has 110 valence electrons. The number of nitrogens with zero attached hydrogens (tertiary/aromatic N) is 2. The fourth-order valence-corrected chi connectivity index (χ4v) is 3.30. The summed E-state index contributed by atoms with van der Waals surface area (Å²) in [7, 11) is 0. The van der Waals surface area contributed by atoms with E-state index in [9.17, 15) is 0 Å². The van der Waals surface area contributed by atoms with E-state index >= 15 is 0 Å². The Labute approximate surface area is 123 Å². The average molecular weight is 285 g/mol. The first-order valence-electron chi connectivity index (χ1n) is 7.50. The third kappa shape index (κ3) is 1.92. The lowest BCUT2D eigenvalue weighted by atomic mass is 9.64. The molecule has 1 aliphatic carbocycles. The van der Waals surface area contributed by atoms with Crippen LogP contribution in [0.25, 0.3) is 0 Å². The zero-order chi connectivity index (χ0) is 14.3. The maximum atomic E-state index is 6.31. The summed E-state index contributed by atoms with van der Waals surface area (Å²) in [6.07, 6.45) is 4.04. The number of hydrogen-bond acceptors (Lipinski definition) is 5. The third-order valence-corrected chi connectivity index (χ3v) is 4.87. The van der Waals surface area contributed by atoms with Gasteiger partial charge in [0.1, 0.15) is 5.54 Å². The van der Waals surface area contributed by atoms with Crippen LogP contribution in [-0.2, 0) is 15.7 Å². The lowest BCUT2D eigenvalue weighted by Crippen LogP contribution is -2.39. The Hall–Kier alpha value is -1.72. The number of hydrogen-bond donors (Lipinski definition) is 1. The molecule has 1 aromatic heterocycles. The minimum atomic E-state index is -0.618. The summed E-state index contributed by atoms with van der Waals surface area (Å²) in [5.74, 6) is 1.28. The first-order chi connectivity index (χ1) is 10.2. The largest absolute Gasteiger partial charge is 0.379 e. The van der Waals surface area contributed by atoms with E-state index in [2.05, 4.69) is 34.4 Å². The molecule has 0 bridgehead atoms. The van der Waals surface area contributed by atoms with Crippen LogP contribution in [0, 0.1) is 0 Å². The van der Waals surface area contributed by atoms with Crippen molar-refractivity contribution in [1.29, 1.82) is 0 Å². The van der Waals surface area contributed by atoms with Gasteiger partial charge >= 0.3 is 0 Å².